The minimum absolute atomic E-state index is 0.0299. The number of ether oxygens (including phenoxy) is 2. The number of benzene rings is 2. The van der Waals surface area contributed by atoms with Crippen LogP contribution in [-0.4, -0.2) is 33.3 Å². The summed E-state index contributed by atoms with van der Waals surface area (Å²) in [5.74, 6) is 0.791. The fourth-order valence-corrected chi connectivity index (χ4v) is 3.35. The Morgan fingerprint density at radius 1 is 1.08 bits per heavy atom. The van der Waals surface area contributed by atoms with Gasteiger partial charge in [-0.25, -0.2) is 0 Å². The first-order chi connectivity index (χ1) is 12.2. The number of rotatable bonds is 7. The third kappa shape index (κ3) is 4.02. The molecule has 0 radical (unpaired) electrons. The van der Waals surface area contributed by atoms with Gasteiger partial charge in [0.25, 0.3) is 5.91 Å². The molecule has 0 aliphatic heterocycles. The van der Waals surface area contributed by atoms with E-state index in [0.717, 1.165) is 29.7 Å². The van der Waals surface area contributed by atoms with Crippen molar-refractivity contribution in [2.75, 3.05) is 27.4 Å². The second-order valence-electron chi connectivity index (χ2n) is 6.78. The summed E-state index contributed by atoms with van der Waals surface area (Å²) in [6.45, 7) is 1.38. The third-order valence-electron chi connectivity index (χ3n) is 5.04. The molecule has 1 fully saturated rings. The van der Waals surface area contributed by atoms with Gasteiger partial charge in [0.2, 0.25) is 0 Å². The number of nitrogens with one attached hydrogen (secondary N) is 1. The molecule has 1 N–H and O–H groups in total. The average Bonchev–Trinajstić information content (AvgIpc) is 2.63. The van der Waals surface area contributed by atoms with Crippen molar-refractivity contribution in [3.05, 3.63) is 54.1 Å². The molecule has 0 saturated heterocycles. The molecule has 4 heteroatoms. The predicted octanol–water partition coefficient (Wildman–Crippen LogP) is 3.91. The van der Waals surface area contributed by atoms with Crippen LogP contribution in [0.25, 0.3) is 11.1 Å². The molecule has 132 valence electrons. The van der Waals surface area contributed by atoms with E-state index >= 15 is 0 Å². The van der Waals surface area contributed by atoms with E-state index in [1.54, 1.807) is 14.2 Å². The van der Waals surface area contributed by atoms with E-state index in [4.69, 9.17) is 9.47 Å². The van der Waals surface area contributed by atoms with Gasteiger partial charge in [-0.15, -0.1) is 0 Å². The maximum atomic E-state index is 12.5. The lowest BCUT2D eigenvalue weighted by Gasteiger charge is -2.41. The molecule has 1 saturated carbocycles. The number of carbonyl (C=O) groups is 1. The Balaban J connectivity index is 1.68. The van der Waals surface area contributed by atoms with Crippen molar-refractivity contribution in [1.29, 1.82) is 0 Å². The molecule has 25 heavy (non-hydrogen) atoms. The Kier molecular flexibility index (Phi) is 5.39. The molecule has 0 unspecified atom stereocenters. The number of hydrogen-bond donors (Lipinski definition) is 1. The van der Waals surface area contributed by atoms with E-state index in [-0.39, 0.29) is 11.3 Å². The summed E-state index contributed by atoms with van der Waals surface area (Å²) < 4.78 is 10.5. The van der Waals surface area contributed by atoms with Crippen molar-refractivity contribution in [3.8, 4) is 16.9 Å². The zero-order valence-electron chi connectivity index (χ0n) is 14.9. The van der Waals surface area contributed by atoms with Crippen LogP contribution in [0.1, 0.15) is 29.6 Å². The average molecular weight is 339 g/mol. The second kappa shape index (κ2) is 7.70. The lowest BCUT2D eigenvalue weighted by Crippen LogP contribution is -2.45. The summed E-state index contributed by atoms with van der Waals surface area (Å²) in [6.07, 6.45) is 3.45. The first-order valence-electron chi connectivity index (χ1n) is 8.67. The molecule has 3 rings (SSSR count). The number of methoxy groups -OCH3 is 2. The van der Waals surface area contributed by atoms with Crippen LogP contribution in [0, 0.1) is 5.41 Å². The lowest BCUT2D eigenvalue weighted by molar-refractivity contribution is 0.0180. The van der Waals surface area contributed by atoms with Gasteiger partial charge in [-0.1, -0.05) is 30.7 Å². The smallest absolute Gasteiger partial charge is 0.251 e. The number of amides is 1. The number of carbonyl (C=O) groups excluding carboxylic acids is 1. The van der Waals surface area contributed by atoms with Crippen molar-refractivity contribution >= 4 is 5.91 Å². The van der Waals surface area contributed by atoms with Crippen LogP contribution in [0.5, 0.6) is 5.75 Å². The molecule has 4 nitrogen and oxygen atoms in total. The summed E-state index contributed by atoms with van der Waals surface area (Å²) in [6, 6.07) is 15.6. The summed E-state index contributed by atoms with van der Waals surface area (Å²) in [5, 5.41) is 3.08. The van der Waals surface area contributed by atoms with E-state index in [0.29, 0.717) is 18.7 Å². The first kappa shape index (κ1) is 17.5. The molecular weight excluding hydrogens is 314 g/mol. The third-order valence-corrected chi connectivity index (χ3v) is 5.04. The highest BCUT2D eigenvalue weighted by molar-refractivity contribution is 5.95. The van der Waals surface area contributed by atoms with Crippen molar-refractivity contribution in [2.24, 2.45) is 5.41 Å². The monoisotopic (exact) mass is 339 g/mol. The molecule has 0 spiro atoms. The normalized spacial score (nSPS) is 15.3. The highest BCUT2D eigenvalue weighted by Gasteiger charge is 2.37. The maximum Gasteiger partial charge on any atom is 0.251 e. The van der Waals surface area contributed by atoms with Gasteiger partial charge in [0.1, 0.15) is 5.75 Å². The molecule has 2 aromatic carbocycles. The summed E-state index contributed by atoms with van der Waals surface area (Å²) >= 11 is 0. The molecule has 0 bridgehead atoms. The molecule has 0 atom stereocenters. The Bertz CT molecular complexity index is 720. The van der Waals surface area contributed by atoms with Crippen molar-refractivity contribution in [2.45, 2.75) is 19.3 Å². The van der Waals surface area contributed by atoms with Gasteiger partial charge in [-0.3, -0.25) is 4.79 Å². The van der Waals surface area contributed by atoms with Crippen molar-refractivity contribution in [3.63, 3.8) is 0 Å². The van der Waals surface area contributed by atoms with E-state index < -0.39 is 0 Å². The van der Waals surface area contributed by atoms with Crippen LogP contribution >= 0.6 is 0 Å². The summed E-state index contributed by atoms with van der Waals surface area (Å²) in [7, 11) is 3.37. The number of hydrogen-bond acceptors (Lipinski definition) is 3. The minimum atomic E-state index is -0.0299. The minimum Gasteiger partial charge on any atom is -0.497 e. The van der Waals surface area contributed by atoms with Gasteiger partial charge in [-0.05, 0) is 48.2 Å². The molecular formula is C21H25NO3. The fraction of sp³-hybridized carbons (Fsp3) is 0.381. The van der Waals surface area contributed by atoms with Gasteiger partial charge < -0.3 is 14.8 Å². The van der Waals surface area contributed by atoms with Crippen LogP contribution in [-0.2, 0) is 4.74 Å². The summed E-state index contributed by atoms with van der Waals surface area (Å²) in [4.78, 5) is 12.5. The van der Waals surface area contributed by atoms with Gasteiger partial charge >= 0.3 is 0 Å². The van der Waals surface area contributed by atoms with E-state index in [2.05, 4.69) is 5.32 Å². The predicted molar refractivity (Wildman–Crippen MR) is 98.9 cm³/mol. The van der Waals surface area contributed by atoms with E-state index in [1.807, 2.05) is 48.5 Å². The molecule has 2 aromatic rings. The molecule has 0 heterocycles. The van der Waals surface area contributed by atoms with Crippen molar-refractivity contribution < 1.29 is 14.3 Å². The summed E-state index contributed by atoms with van der Waals surface area (Å²) in [5.41, 5.74) is 2.88. The lowest BCUT2D eigenvalue weighted by atomic mass is 9.69. The van der Waals surface area contributed by atoms with Gasteiger partial charge in [0.05, 0.1) is 13.7 Å². The quantitative estimate of drug-likeness (QED) is 0.832. The molecule has 1 aliphatic carbocycles. The Morgan fingerprint density at radius 3 is 2.44 bits per heavy atom. The highest BCUT2D eigenvalue weighted by atomic mass is 16.5. The van der Waals surface area contributed by atoms with Crippen LogP contribution in [0.3, 0.4) is 0 Å². The second-order valence-corrected chi connectivity index (χ2v) is 6.78. The zero-order chi connectivity index (χ0) is 17.7. The van der Waals surface area contributed by atoms with Crippen LogP contribution in [0.15, 0.2) is 48.5 Å². The van der Waals surface area contributed by atoms with Gasteiger partial charge in [0, 0.05) is 24.6 Å². The SMILES string of the molecule is COCC1(CNC(=O)c2cccc(-c3ccc(OC)cc3)c2)CCC1. The molecule has 1 aliphatic rings. The maximum absolute atomic E-state index is 12.5. The fourth-order valence-electron chi connectivity index (χ4n) is 3.35. The van der Waals surface area contributed by atoms with Crippen LogP contribution < -0.4 is 10.1 Å². The topological polar surface area (TPSA) is 47.6 Å². The van der Waals surface area contributed by atoms with Crippen LogP contribution in [0.4, 0.5) is 0 Å². The Morgan fingerprint density at radius 2 is 1.84 bits per heavy atom. The van der Waals surface area contributed by atoms with E-state index in [1.165, 1.54) is 6.42 Å². The van der Waals surface area contributed by atoms with Crippen LogP contribution in [0.2, 0.25) is 0 Å². The van der Waals surface area contributed by atoms with Gasteiger partial charge in [-0.2, -0.15) is 0 Å². The zero-order valence-corrected chi connectivity index (χ0v) is 14.9. The van der Waals surface area contributed by atoms with Crippen molar-refractivity contribution in [1.82, 2.24) is 5.32 Å². The van der Waals surface area contributed by atoms with Gasteiger partial charge in [0.15, 0.2) is 0 Å². The highest BCUT2D eigenvalue weighted by Crippen LogP contribution is 2.40. The largest absolute Gasteiger partial charge is 0.497 e. The molecule has 0 aromatic heterocycles. The first-order valence-corrected chi connectivity index (χ1v) is 8.67. The standard InChI is InChI=1S/C21H25NO3/c1-24-15-21(11-4-12-21)14-22-20(23)18-6-3-5-17(13-18)16-7-9-19(25-2)10-8-16/h3,5-10,13H,4,11-12,14-15H2,1-2H3,(H,22,23). The Hall–Kier alpha value is -2.33. The molecule has 1 amide bonds. The van der Waals surface area contributed by atoms with E-state index in [9.17, 15) is 4.79 Å². The Labute approximate surface area is 149 Å².